The Hall–Kier alpha value is -2.56. The van der Waals surface area contributed by atoms with Gasteiger partial charge < -0.3 is 14.8 Å². The Morgan fingerprint density at radius 3 is 2.31 bits per heavy atom. The van der Waals surface area contributed by atoms with Gasteiger partial charge in [0.25, 0.3) is 5.91 Å². The third-order valence-corrected chi connectivity index (χ3v) is 5.01. The van der Waals surface area contributed by atoms with Crippen LogP contribution in [0.2, 0.25) is 0 Å². The number of hydrogen-bond acceptors (Lipinski definition) is 2. The fraction of sp³-hybridized carbons (Fsp3) is 0.429. The van der Waals surface area contributed by atoms with Crippen molar-refractivity contribution in [2.45, 2.75) is 33.6 Å². The van der Waals surface area contributed by atoms with Gasteiger partial charge in [-0.05, 0) is 38.8 Å². The highest BCUT2D eigenvalue weighted by atomic mass is 16.2. The molecule has 2 heterocycles. The SMILES string of the molecule is Cc1cccc(CCC(=O)N2CCN(C(=O)c3cc(C)[nH]c3C)CC2)c1. The quantitative estimate of drug-likeness (QED) is 0.919. The minimum atomic E-state index is 0.0544. The molecular formula is C21H27N3O2. The molecule has 138 valence electrons. The monoisotopic (exact) mass is 353 g/mol. The van der Waals surface area contributed by atoms with Gasteiger partial charge in [-0.2, -0.15) is 0 Å². The predicted octanol–water partition coefficient (Wildman–Crippen LogP) is 2.86. The Morgan fingerprint density at radius 1 is 1.00 bits per heavy atom. The van der Waals surface area contributed by atoms with Gasteiger partial charge in [-0.1, -0.05) is 29.8 Å². The van der Waals surface area contributed by atoms with Crippen LogP contribution >= 0.6 is 0 Å². The number of aryl methyl sites for hydroxylation is 4. The zero-order chi connectivity index (χ0) is 18.7. The molecule has 0 atom stereocenters. The number of H-pyrrole nitrogens is 1. The van der Waals surface area contributed by atoms with E-state index in [1.165, 1.54) is 11.1 Å². The van der Waals surface area contributed by atoms with Crippen LogP contribution in [0.25, 0.3) is 0 Å². The van der Waals surface area contributed by atoms with Gasteiger partial charge in [-0.15, -0.1) is 0 Å². The summed E-state index contributed by atoms with van der Waals surface area (Å²) < 4.78 is 0. The molecule has 26 heavy (non-hydrogen) atoms. The maximum Gasteiger partial charge on any atom is 0.255 e. The van der Waals surface area contributed by atoms with Gasteiger partial charge in [-0.3, -0.25) is 9.59 Å². The lowest BCUT2D eigenvalue weighted by molar-refractivity contribution is -0.132. The van der Waals surface area contributed by atoms with Crippen LogP contribution in [0.1, 0.15) is 39.3 Å². The molecule has 2 amide bonds. The van der Waals surface area contributed by atoms with Crippen molar-refractivity contribution in [1.82, 2.24) is 14.8 Å². The summed E-state index contributed by atoms with van der Waals surface area (Å²) in [6.45, 7) is 8.36. The second-order valence-corrected chi connectivity index (χ2v) is 7.15. The van der Waals surface area contributed by atoms with Crippen LogP contribution in [0, 0.1) is 20.8 Å². The molecule has 0 aliphatic carbocycles. The molecule has 1 saturated heterocycles. The molecule has 0 radical (unpaired) electrons. The number of amides is 2. The number of carbonyl (C=O) groups excluding carboxylic acids is 2. The third kappa shape index (κ3) is 4.15. The van der Waals surface area contributed by atoms with E-state index in [0.29, 0.717) is 32.6 Å². The molecule has 0 bridgehead atoms. The summed E-state index contributed by atoms with van der Waals surface area (Å²) in [5, 5.41) is 0. The van der Waals surface area contributed by atoms with Crippen molar-refractivity contribution in [2.75, 3.05) is 26.2 Å². The number of aromatic nitrogens is 1. The summed E-state index contributed by atoms with van der Waals surface area (Å²) in [6, 6.07) is 10.2. The molecule has 5 nitrogen and oxygen atoms in total. The van der Waals surface area contributed by atoms with Gasteiger partial charge in [0.05, 0.1) is 5.56 Å². The summed E-state index contributed by atoms with van der Waals surface area (Å²) in [7, 11) is 0. The molecule has 1 aromatic heterocycles. The molecule has 1 fully saturated rings. The molecule has 0 unspecified atom stereocenters. The van der Waals surface area contributed by atoms with E-state index < -0.39 is 0 Å². The number of nitrogens with one attached hydrogen (secondary N) is 1. The zero-order valence-electron chi connectivity index (χ0n) is 15.8. The van der Waals surface area contributed by atoms with E-state index in [-0.39, 0.29) is 11.8 Å². The summed E-state index contributed by atoms with van der Waals surface area (Å²) in [5.74, 6) is 0.228. The molecule has 1 aliphatic rings. The highest BCUT2D eigenvalue weighted by molar-refractivity contribution is 5.95. The van der Waals surface area contributed by atoms with Crippen LogP contribution in [-0.4, -0.2) is 52.8 Å². The number of hydrogen-bond donors (Lipinski definition) is 1. The number of aromatic amines is 1. The summed E-state index contributed by atoms with van der Waals surface area (Å²) in [6.07, 6.45) is 1.29. The topological polar surface area (TPSA) is 56.4 Å². The molecule has 1 N–H and O–H groups in total. The lowest BCUT2D eigenvalue weighted by Gasteiger charge is -2.35. The van der Waals surface area contributed by atoms with Gasteiger partial charge >= 0.3 is 0 Å². The third-order valence-electron chi connectivity index (χ3n) is 5.01. The highest BCUT2D eigenvalue weighted by Gasteiger charge is 2.26. The molecule has 1 aromatic carbocycles. The lowest BCUT2D eigenvalue weighted by Crippen LogP contribution is -2.50. The minimum Gasteiger partial charge on any atom is -0.362 e. The Bertz CT molecular complexity index is 801. The second-order valence-electron chi connectivity index (χ2n) is 7.15. The first kappa shape index (κ1) is 18.2. The van der Waals surface area contributed by atoms with E-state index in [2.05, 4.69) is 30.1 Å². The molecule has 0 spiro atoms. The maximum absolute atomic E-state index is 12.7. The van der Waals surface area contributed by atoms with Crippen molar-refractivity contribution in [3.8, 4) is 0 Å². The highest BCUT2D eigenvalue weighted by Crippen LogP contribution is 2.15. The fourth-order valence-corrected chi connectivity index (χ4v) is 3.55. The number of piperazine rings is 1. The van der Waals surface area contributed by atoms with E-state index in [0.717, 1.165) is 23.4 Å². The van der Waals surface area contributed by atoms with Crippen LogP contribution in [-0.2, 0) is 11.2 Å². The predicted molar refractivity (Wildman–Crippen MR) is 102 cm³/mol. The molecular weight excluding hydrogens is 326 g/mol. The van der Waals surface area contributed by atoms with E-state index in [1.54, 1.807) is 0 Å². The van der Waals surface area contributed by atoms with Gasteiger partial charge in [0.15, 0.2) is 0 Å². The van der Waals surface area contributed by atoms with Gasteiger partial charge in [0.2, 0.25) is 5.91 Å². The summed E-state index contributed by atoms with van der Waals surface area (Å²) in [5.41, 5.74) is 5.06. The first-order valence-corrected chi connectivity index (χ1v) is 9.23. The summed E-state index contributed by atoms with van der Waals surface area (Å²) in [4.78, 5) is 32.0. The van der Waals surface area contributed by atoms with Crippen molar-refractivity contribution in [3.05, 3.63) is 58.4 Å². The van der Waals surface area contributed by atoms with Crippen LogP contribution in [0.5, 0.6) is 0 Å². The Kier molecular flexibility index (Phi) is 5.45. The van der Waals surface area contributed by atoms with Crippen LogP contribution in [0.4, 0.5) is 0 Å². The Labute approximate surface area is 155 Å². The Balaban J connectivity index is 1.50. The number of rotatable bonds is 4. The lowest BCUT2D eigenvalue weighted by atomic mass is 10.1. The number of carbonyl (C=O) groups is 2. The largest absolute Gasteiger partial charge is 0.362 e. The van der Waals surface area contributed by atoms with Gasteiger partial charge in [-0.25, -0.2) is 0 Å². The van der Waals surface area contributed by atoms with Gasteiger partial charge in [0, 0.05) is 44.0 Å². The van der Waals surface area contributed by atoms with E-state index in [9.17, 15) is 9.59 Å². The fourth-order valence-electron chi connectivity index (χ4n) is 3.55. The number of benzene rings is 1. The van der Waals surface area contributed by atoms with E-state index in [1.807, 2.05) is 35.8 Å². The minimum absolute atomic E-state index is 0.0544. The van der Waals surface area contributed by atoms with Crippen LogP contribution in [0.3, 0.4) is 0 Å². The zero-order valence-corrected chi connectivity index (χ0v) is 15.8. The molecule has 3 rings (SSSR count). The van der Waals surface area contributed by atoms with Gasteiger partial charge in [0.1, 0.15) is 0 Å². The molecule has 2 aromatic rings. The summed E-state index contributed by atoms with van der Waals surface area (Å²) >= 11 is 0. The van der Waals surface area contributed by atoms with E-state index >= 15 is 0 Å². The maximum atomic E-state index is 12.7. The van der Waals surface area contributed by atoms with Crippen molar-refractivity contribution in [2.24, 2.45) is 0 Å². The average molecular weight is 353 g/mol. The smallest absolute Gasteiger partial charge is 0.255 e. The first-order chi connectivity index (χ1) is 12.4. The standard InChI is InChI=1S/C21H27N3O2/c1-15-5-4-6-18(13-15)7-8-20(25)23-9-11-24(12-10-23)21(26)19-14-16(2)22-17(19)3/h4-6,13-14,22H,7-12H2,1-3H3. The van der Waals surface area contributed by atoms with Crippen molar-refractivity contribution in [3.63, 3.8) is 0 Å². The molecule has 0 saturated carbocycles. The first-order valence-electron chi connectivity index (χ1n) is 9.23. The molecule has 1 aliphatic heterocycles. The van der Waals surface area contributed by atoms with Crippen LogP contribution in [0.15, 0.2) is 30.3 Å². The normalized spacial score (nSPS) is 14.6. The van der Waals surface area contributed by atoms with Crippen molar-refractivity contribution < 1.29 is 9.59 Å². The number of nitrogens with zero attached hydrogens (tertiary/aromatic N) is 2. The second kappa shape index (κ2) is 7.77. The Morgan fingerprint density at radius 2 is 1.69 bits per heavy atom. The molecule has 5 heteroatoms. The van der Waals surface area contributed by atoms with Crippen molar-refractivity contribution >= 4 is 11.8 Å². The van der Waals surface area contributed by atoms with Crippen molar-refractivity contribution in [1.29, 1.82) is 0 Å². The average Bonchev–Trinajstić information content (AvgIpc) is 2.97. The van der Waals surface area contributed by atoms with Crippen LogP contribution < -0.4 is 0 Å². The van der Waals surface area contributed by atoms with E-state index in [4.69, 9.17) is 0 Å².